The zero-order valence-corrected chi connectivity index (χ0v) is 12.1. The first-order valence-electron chi connectivity index (χ1n) is 7.03. The van der Waals surface area contributed by atoms with Crippen LogP contribution in [0.4, 0.5) is 5.82 Å². The highest BCUT2D eigenvalue weighted by Crippen LogP contribution is 2.30. The number of rotatable bonds is 4. The Bertz CT molecular complexity index is 393. The van der Waals surface area contributed by atoms with Gasteiger partial charge in [-0.25, -0.2) is 9.97 Å². The number of nitrogens with zero attached hydrogens (tertiary/aromatic N) is 3. The van der Waals surface area contributed by atoms with Crippen LogP contribution in [0, 0.1) is 0 Å². The first kappa shape index (κ1) is 13.6. The predicted molar refractivity (Wildman–Crippen MR) is 76.3 cm³/mol. The molecule has 0 saturated carbocycles. The lowest BCUT2D eigenvalue weighted by molar-refractivity contribution is 0.430. The Hall–Kier alpha value is -0.830. The van der Waals surface area contributed by atoms with Crippen molar-refractivity contribution >= 4 is 17.4 Å². The molecule has 1 aromatic heterocycles. The summed E-state index contributed by atoms with van der Waals surface area (Å²) in [6.07, 6.45) is 8.82. The average Bonchev–Trinajstić information content (AvgIpc) is 2.39. The SMILES string of the molecule is CCCC1CCCCN1c1ncnc(Cl)c1CC. The van der Waals surface area contributed by atoms with Gasteiger partial charge in [0.2, 0.25) is 0 Å². The monoisotopic (exact) mass is 267 g/mol. The van der Waals surface area contributed by atoms with E-state index in [9.17, 15) is 0 Å². The number of aromatic nitrogens is 2. The molecule has 1 atom stereocenters. The first-order valence-corrected chi connectivity index (χ1v) is 7.41. The smallest absolute Gasteiger partial charge is 0.137 e. The van der Waals surface area contributed by atoms with Crippen LogP contribution >= 0.6 is 11.6 Å². The van der Waals surface area contributed by atoms with Crippen molar-refractivity contribution in [2.45, 2.75) is 58.4 Å². The van der Waals surface area contributed by atoms with Gasteiger partial charge in [0.15, 0.2) is 0 Å². The van der Waals surface area contributed by atoms with E-state index >= 15 is 0 Å². The van der Waals surface area contributed by atoms with Gasteiger partial charge in [0.05, 0.1) is 0 Å². The van der Waals surface area contributed by atoms with Gasteiger partial charge in [0, 0.05) is 18.2 Å². The van der Waals surface area contributed by atoms with Crippen LogP contribution in [0.15, 0.2) is 6.33 Å². The van der Waals surface area contributed by atoms with Gasteiger partial charge in [-0.05, 0) is 32.1 Å². The molecule has 0 N–H and O–H groups in total. The molecular weight excluding hydrogens is 246 g/mol. The van der Waals surface area contributed by atoms with Crippen molar-refractivity contribution < 1.29 is 0 Å². The highest BCUT2D eigenvalue weighted by Gasteiger charge is 2.25. The lowest BCUT2D eigenvalue weighted by Crippen LogP contribution is -2.40. The van der Waals surface area contributed by atoms with E-state index in [2.05, 4.69) is 28.7 Å². The molecule has 18 heavy (non-hydrogen) atoms. The third-order valence-corrected chi connectivity index (χ3v) is 4.07. The molecule has 2 rings (SSSR count). The topological polar surface area (TPSA) is 29.0 Å². The molecule has 100 valence electrons. The Morgan fingerprint density at radius 3 is 2.89 bits per heavy atom. The van der Waals surface area contributed by atoms with Gasteiger partial charge in [-0.15, -0.1) is 0 Å². The number of anilines is 1. The van der Waals surface area contributed by atoms with Crippen molar-refractivity contribution in [3.63, 3.8) is 0 Å². The standard InChI is InChI=1S/C14H22ClN3/c1-3-7-11-8-5-6-9-18(11)14-12(4-2)13(15)16-10-17-14/h10-11H,3-9H2,1-2H3. The minimum Gasteiger partial charge on any atom is -0.353 e. The first-order chi connectivity index (χ1) is 8.77. The molecule has 0 spiro atoms. The van der Waals surface area contributed by atoms with Crippen LogP contribution in [0.3, 0.4) is 0 Å². The van der Waals surface area contributed by atoms with Crippen LogP contribution in [0.25, 0.3) is 0 Å². The van der Waals surface area contributed by atoms with Gasteiger partial charge in [0.1, 0.15) is 17.3 Å². The molecule has 1 aromatic rings. The van der Waals surface area contributed by atoms with Crippen LogP contribution in [0.1, 0.15) is 51.5 Å². The van der Waals surface area contributed by atoms with Crippen molar-refractivity contribution in [2.24, 2.45) is 0 Å². The maximum Gasteiger partial charge on any atom is 0.137 e. The summed E-state index contributed by atoms with van der Waals surface area (Å²) in [5, 5.41) is 0.614. The lowest BCUT2D eigenvalue weighted by atomic mass is 9.97. The van der Waals surface area contributed by atoms with Crippen molar-refractivity contribution in [1.82, 2.24) is 9.97 Å². The minimum absolute atomic E-state index is 0.614. The van der Waals surface area contributed by atoms with Crippen LogP contribution in [0.2, 0.25) is 5.15 Å². The van der Waals surface area contributed by atoms with E-state index < -0.39 is 0 Å². The molecule has 4 heteroatoms. The van der Waals surface area contributed by atoms with Crippen molar-refractivity contribution in [3.8, 4) is 0 Å². The summed E-state index contributed by atoms with van der Waals surface area (Å²) in [5.41, 5.74) is 1.10. The van der Waals surface area contributed by atoms with E-state index in [1.54, 1.807) is 6.33 Å². The lowest BCUT2D eigenvalue weighted by Gasteiger charge is -2.37. The minimum atomic E-state index is 0.614. The summed E-state index contributed by atoms with van der Waals surface area (Å²) >= 11 is 6.20. The molecule has 1 aliphatic heterocycles. The molecule has 0 aromatic carbocycles. The summed E-state index contributed by atoms with van der Waals surface area (Å²) in [6.45, 7) is 5.47. The largest absolute Gasteiger partial charge is 0.353 e. The van der Waals surface area contributed by atoms with Crippen LogP contribution in [-0.2, 0) is 6.42 Å². The molecule has 1 unspecified atom stereocenters. The fourth-order valence-electron chi connectivity index (χ4n) is 2.85. The second-order valence-corrected chi connectivity index (χ2v) is 5.31. The molecule has 0 aliphatic carbocycles. The summed E-state index contributed by atoms with van der Waals surface area (Å²) in [7, 11) is 0. The normalized spacial score (nSPS) is 20.2. The highest BCUT2D eigenvalue weighted by molar-refractivity contribution is 6.30. The van der Waals surface area contributed by atoms with Gasteiger partial charge in [0.25, 0.3) is 0 Å². The van der Waals surface area contributed by atoms with E-state index in [0.717, 1.165) is 24.3 Å². The third kappa shape index (κ3) is 2.77. The molecule has 1 aliphatic rings. The molecule has 1 saturated heterocycles. The van der Waals surface area contributed by atoms with Gasteiger partial charge < -0.3 is 4.90 Å². The Kier molecular flexibility index (Phi) is 4.81. The molecule has 0 amide bonds. The van der Waals surface area contributed by atoms with E-state index in [1.165, 1.54) is 32.1 Å². The summed E-state index contributed by atoms with van der Waals surface area (Å²) in [4.78, 5) is 11.1. The maximum atomic E-state index is 6.20. The highest BCUT2D eigenvalue weighted by atomic mass is 35.5. The van der Waals surface area contributed by atoms with Gasteiger partial charge in [-0.2, -0.15) is 0 Å². The van der Waals surface area contributed by atoms with E-state index in [-0.39, 0.29) is 0 Å². The molecule has 3 nitrogen and oxygen atoms in total. The molecule has 2 heterocycles. The summed E-state index contributed by atoms with van der Waals surface area (Å²) in [5.74, 6) is 1.07. The molecule has 1 fully saturated rings. The Morgan fingerprint density at radius 2 is 2.17 bits per heavy atom. The quantitative estimate of drug-likeness (QED) is 0.776. The fraction of sp³-hybridized carbons (Fsp3) is 0.714. The number of piperidine rings is 1. The molecule has 0 bridgehead atoms. The zero-order valence-electron chi connectivity index (χ0n) is 11.3. The summed E-state index contributed by atoms with van der Waals surface area (Å²) < 4.78 is 0. The van der Waals surface area contributed by atoms with Gasteiger partial charge >= 0.3 is 0 Å². The van der Waals surface area contributed by atoms with Gasteiger partial charge in [-0.3, -0.25) is 0 Å². The molecular formula is C14H22ClN3. The maximum absolute atomic E-state index is 6.20. The number of hydrogen-bond donors (Lipinski definition) is 0. The van der Waals surface area contributed by atoms with Crippen molar-refractivity contribution in [1.29, 1.82) is 0 Å². The van der Waals surface area contributed by atoms with E-state index in [1.807, 2.05) is 0 Å². The second-order valence-electron chi connectivity index (χ2n) is 4.95. The molecule has 0 radical (unpaired) electrons. The number of halogens is 1. The van der Waals surface area contributed by atoms with Crippen LogP contribution < -0.4 is 4.90 Å². The average molecular weight is 268 g/mol. The van der Waals surface area contributed by atoms with Gasteiger partial charge in [-0.1, -0.05) is 31.9 Å². The predicted octanol–water partition coefficient (Wildman–Crippen LogP) is 3.85. The third-order valence-electron chi connectivity index (χ3n) is 3.74. The van der Waals surface area contributed by atoms with E-state index in [4.69, 9.17) is 11.6 Å². The fourth-order valence-corrected chi connectivity index (χ4v) is 3.11. The summed E-state index contributed by atoms with van der Waals surface area (Å²) in [6, 6.07) is 0.625. The van der Waals surface area contributed by atoms with Crippen molar-refractivity contribution in [3.05, 3.63) is 17.0 Å². The Morgan fingerprint density at radius 1 is 1.33 bits per heavy atom. The Labute approximate surface area is 115 Å². The van der Waals surface area contributed by atoms with E-state index in [0.29, 0.717) is 11.2 Å². The second kappa shape index (κ2) is 6.37. The van der Waals surface area contributed by atoms with Crippen molar-refractivity contribution in [2.75, 3.05) is 11.4 Å². The Balaban J connectivity index is 2.30. The van der Waals surface area contributed by atoms with Crippen LogP contribution in [-0.4, -0.2) is 22.6 Å². The number of hydrogen-bond acceptors (Lipinski definition) is 3. The zero-order chi connectivity index (χ0) is 13.0. The van der Waals surface area contributed by atoms with Crippen LogP contribution in [0.5, 0.6) is 0 Å².